The van der Waals surface area contributed by atoms with Crippen molar-refractivity contribution < 1.29 is 23.3 Å². The number of oxazole rings is 2. The lowest BCUT2D eigenvalue weighted by atomic mass is 10.2. The number of imide groups is 1. The van der Waals surface area contributed by atoms with Gasteiger partial charge in [0.05, 0.1) is 4.92 Å². The highest BCUT2D eigenvalue weighted by molar-refractivity contribution is 8.08. The summed E-state index contributed by atoms with van der Waals surface area (Å²) in [6.45, 7) is 0. The molecule has 176 valence electrons. The highest BCUT2D eigenvalue weighted by Gasteiger charge is 2.44. The Kier molecular flexibility index (Phi) is 5.31. The molecule has 12 heteroatoms. The Morgan fingerprint density at radius 1 is 0.722 bits per heavy atom. The van der Waals surface area contributed by atoms with Gasteiger partial charge in [0.25, 0.3) is 27.9 Å². The van der Waals surface area contributed by atoms with Gasteiger partial charge in [0.1, 0.15) is 26.5 Å². The maximum absolute atomic E-state index is 13.6. The van der Waals surface area contributed by atoms with E-state index in [2.05, 4.69) is 9.97 Å². The zero-order chi connectivity index (χ0) is 24.8. The normalized spacial score (nSPS) is 13.9. The van der Waals surface area contributed by atoms with Crippen LogP contribution in [-0.2, 0) is 9.59 Å². The first-order valence-corrected chi connectivity index (χ1v) is 12.1. The Morgan fingerprint density at radius 2 is 1.19 bits per heavy atom. The number of nitro benzene ring substituents is 1. The molecule has 0 atom stereocenters. The molecule has 0 N–H and O–H groups in total. The molecule has 0 unspecified atom stereocenters. The molecule has 1 aliphatic rings. The van der Waals surface area contributed by atoms with Crippen LogP contribution in [0, 0.1) is 10.1 Å². The summed E-state index contributed by atoms with van der Waals surface area (Å²) in [7, 11) is 0. The lowest BCUT2D eigenvalue weighted by molar-refractivity contribution is -0.384. The van der Waals surface area contributed by atoms with Crippen molar-refractivity contribution in [1.29, 1.82) is 0 Å². The van der Waals surface area contributed by atoms with Crippen LogP contribution in [0.15, 0.2) is 102 Å². The van der Waals surface area contributed by atoms with E-state index < -0.39 is 16.7 Å². The Hall–Kier alpha value is -4.42. The molecular formula is C24H12N4O6S2. The zero-order valence-electron chi connectivity index (χ0n) is 18.0. The number of carbonyl (C=O) groups excluding carboxylic acids is 2. The lowest BCUT2D eigenvalue weighted by Gasteiger charge is -2.14. The number of nitrogens with zero attached hydrogens (tertiary/aromatic N) is 4. The highest BCUT2D eigenvalue weighted by Crippen LogP contribution is 2.45. The van der Waals surface area contributed by atoms with Crippen molar-refractivity contribution in [1.82, 2.24) is 9.97 Å². The Balaban J connectivity index is 1.45. The van der Waals surface area contributed by atoms with Gasteiger partial charge in [-0.1, -0.05) is 36.4 Å². The molecule has 10 nitrogen and oxygen atoms in total. The van der Waals surface area contributed by atoms with Crippen molar-refractivity contribution in [3.05, 3.63) is 92.7 Å². The molecule has 3 aromatic carbocycles. The number of thioether (sulfide) groups is 2. The van der Waals surface area contributed by atoms with Gasteiger partial charge in [0, 0.05) is 6.07 Å². The predicted octanol–water partition coefficient (Wildman–Crippen LogP) is 5.55. The number of para-hydroxylation sites is 6. The SMILES string of the molecule is O=C1C(Sc2nc3ccccc3o2)=C(Sc2nc3ccccc3o2)C(=O)N1c1ccccc1[N+](=O)[O-]. The number of amides is 2. The van der Waals surface area contributed by atoms with E-state index in [1.807, 2.05) is 0 Å². The Bertz CT molecular complexity index is 1580. The van der Waals surface area contributed by atoms with E-state index in [-0.39, 0.29) is 31.6 Å². The third kappa shape index (κ3) is 3.72. The van der Waals surface area contributed by atoms with Crippen molar-refractivity contribution in [3.63, 3.8) is 0 Å². The number of rotatable bonds is 6. The number of hydrogen-bond donors (Lipinski definition) is 0. The van der Waals surface area contributed by atoms with Gasteiger partial charge in [-0.25, -0.2) is 14.9 Å². The second kappa shape index (κ2) is 8.66. The van der Waals surface area contributed by atoms with Crippen molar-refractivity contribution in [3.8, 4) is 0 Å². The fraction of sp³-hybridized carbons (Fsp3) is 0. The molecule has 2 amide bonds. The minimum Gasteiger partial charge on any atom is -0.431 e. The van der Waals surface area contributed by atoms with Crippen LogP contribution >= 0.6 is 23.5 Å². The van der Waals surface area contributed by atoms with Gasteiger partial charge in [-0.05, 0) is 53.9 Å². The number of hydrogen-bond acceptors (Lipinski definition) is 10. The van der Waals surface area contributed by atoms with E-state index in [4.69, 9.17) is 8.83 Å². The van der Waals surface area contributed by atoms with Crippen LogP contribution in [0.5, 0.6) is 0 Å². The average Bonchev–Trinajstić information content (AvgIpc) is 3.54. The smallest absolute Gasteiger partial charge is 0.293 e. The largest absolute Gasteiger partial charge is 0.431 e. The molecule has 0 saturated heterocycles. The summed E-state index contributed by atoms with van der Waals surface area (Å²) in [5.74, 6) is -1.47. The van der Waals surface area contributed by atoms with E-state index in [9.17, 15) is 19.7 Å². The molecular weight excluding hydrogens is 504 g/mol. The van der Waals surface area contributed by atoms with E-state index in [1.165, 1.54) is 24.3 Å². The minimum absolute atomic E-state index is 0.00281. The van der Waals surface area contributed by atoms with Gasteiger partial charge >= 0.3 is 0 Å². The van der Waals surface area contributed by atoms with E-state index >= 15 is 0 Å². The average molecular weight is 517 g/mol. The molecule has 6 rings (SSSR count). The number of fused-ring (bicyclic) bond motifs is 2. The molecule has 0 saturated carbocycles. The first-order valence-electron chi connectivity index (χ1n) is 10.4. The van der Waals surface area contributed by atoms with E-state index in [0.717, 1.165) is 28.4 Å². The third-order valence-electron chi connectivity index (χ3n) is 5.25. The first-order chi connectivity index (χ1) is 17.5. The molecule has 0 bridgehead atoms. The van der Waals surface area contributed by atoms with Crippen LogP contribution in [0.4, 0.5) is 11.4 Å². The summed E-state index contributed by atoms with van der Waals surface area (Å²) in [6, 6.07) is 19.7. The van der Waals surface area contributed by atoms with Crippen LogP contribution in [0.2, 0.25) is 0 Å². The number of carbonyl (C=O) groups is 2. The molecule has 5 aromatic rings. The number of benzene rings is 3. The van der Waals surface area contributed by atoms with Crippen LogP contribution in [0.25, 0.3) is 22.2 Å². The lowest BCUT2D eigenvalue weighted by Crippen LogP contribution is -2.31. The Morgan fingerprint density at radius 3 is 1.69 bits per heavy atom. The zero-order valence-corrected chi connectivity index (χ0v) is 19.6. The quantitative estimate of drug-likeness (QED) is 0.161. The monoisotopic (exact) mass is 516 g/mol. The highest BCUT2D eigenvalue weighted by atomic mass is 32.2. The Labute approximate surface area is 210 Å². The van der Waals surface area contributed by atoms with Gasteiger partial charge in [-0.3, -0.25) is 19.7 Å². The van der Waals surface area contributed by atoms with Crippen molar-refractivity contribution >= 4 is 68.9 Å². The van der Waals surface area contributed by atoms with E-state index in [1.54, 1.807) is 48.5 Å². The second-order valence-corrected chi connectivity index (χ2v) is 9.37. The minimum atomic E-state index is -0.736. The maximum atomic E-state index is 13.6. The van der Waals surface area contributed by atoms with Crippen molar-refractivity contribution in [2.45, 2.75) is 10.4 Å². The van der Waals surface area contributed by atoms with Crippen LogP contribution < -0.4 is 4.90 Å². The predicted molar refractivity (Wildman–Crippen MR) is 132 cm³/mol. The first kappa shape index (κ1) is 22.1. The van der Waals surface area contributed by atoms with Crippen molar-refractivity contribution in [2.24, 2.45) is 0 Å². The number of anilines is 1. The van der Waals surface area contributed by atoms with Gasteiger partial charge < -0.3 is 8.83 Å². The summed E-state index contributed by atoms with van der Waals surface area (Å²) in [5, 5.41) is 11.9. The summed E-state index contributed by atoms with van der Waals surface area (Å²) >= 11 is 1.73. The number of nitro groups is 1. The van der Waals surface area contributed by atoms with Crippen LogP contribution in [0.3, 0.4) is 0 Å². The fourth-order valence-electron chi connectivity index (χ4n) is 3.66. The van der Waals surface area contributed by atoms with Gasteiger partial charge in [0.15, 0.2) is 11.2 Å². The molecule has 3 heterocycles. The van der Waals surface area contributed by atoms with Gasteiger partial charge in [-0.15, -0.1) is 0 Å². The molecule has 2 aromatic heterocycles. The van der Waals surface area contributed by atoms with Gasteiger partial charge in [-0.2, -0.15) is 0 Å². The summed E-state index contributed by atoms with van der Waals surface area (Å²) in [5.41, 5.74) is 1.68. The second-order valence-electron chi connectivity index (χ2n) is 7.45. The standard InChI is InChI=1S/C24H12N4O6S2/c29-21-19(35-23-25-13-7-1-5-11-17(13)33-23)20(36-24-26-14-8-2-6-12-18(14)34-24)22(30)27(21)15-9-3-4-10-16(15)28(31)32/h1-12H. The number of aromatic nitrogens is 2. The van der Waals surface area contributed by atoms with Crippen LogP contribution in [0.1, 0.15) is 0 Å². The maximum Gasteiger partial charge on any atom is 0.293 e. The molecule has 0 aliphatic carbocycles. The summed E-state index contributed by atoms with van der Waals surface area (Å²) in [6.07, 6.45) is 0. The fourth-order valence-corrected chi connectivity index (χ4v) is 5.53. The molecule has 0 spiro atoms. The third-order valence-corrected chi connectivity index (χ3v) is 7.24. The van der Waals surface area contributed by atoms with Crippen LogP contribution in [-0.4, -0.2) is 26.7 Å². The van der Waals surface area contributed by atoms with Gasteiger partial charge in [0.2, 0.25) is 0 Å². The topological polar surface area (TPSA) is 133 Å². The summed E-state index contributed by atoms with van der Waals surface area (Å²) in [4.78, 5) is 47.6. The van der Waals surface area contributed by atoms with Crippen molar-refractivity contribution in [2.75, 3.05) is 4.90 Å². The summed E-state index contributed by atoms with van der Waals surface area (Å²) < 4.78 is 11.5. The molecule has 1 aliphatic heterocycles. The molecule has 0 radical (unpaired) electrons. The molecule has 36 heavy (non-hydrogen) atoms. The van der Waals surface area contributed by atoms with E-state index in [0.29, 0.717) is 22.2 Å². The molecule has 0 fully saturated rings.